The summed E-state index contributed by atoms with van der Waals surface area (Å²) in [4.78, 5) is 29.6. The van der Waals surface area contributed by atoms with E-state index in [1.165, 1.54) is 12.3 Å². The van der Waals surface area contributed by atoms with Crippen LogP contribution in [-0.4, -0.2) is 22.6 Å². The predicted octanol–water partition coefficient (Wildman–Crippen LogP) is 4.49. The minimum Gasteiger partial charge on any atom is -0.384 e. The van der Waals surface area contributed by atoms with Crippen LogP contribution in [-0.2, 0) is 0 Å². The van der Waals surface area contributed by atoms with Gasteiger partial charge in [0, 0.05) is 22.3 Å². The molecule has 0 radical (unpaired) electrons. The fourth-order valence-corrected chi connectivity index (χ4v) is 3.09. The van der Waals surface area contributed by atoms with E-state index in [-0.39, 0.29) is 11.4 Å². The Morgan fingerprint density at radius 1 is 0.933 bits per heavy atom. The van der Waals surface area contributed by atoms with Crippen molar-refractivity contribution < 1.29 is 9.59 Å². The van der Waals surface area contributed by atoms with Gasteiger partial charge in [-0.1, -0.05) is 35.3 Å². The quantitative estimate of drug-likeness (QED) is 0.344. The lowest BCUT2D eigenvalue weighted by Crippen LogP contribution is -2.20. The van der Waals surface area contributed by atoms with E-state index in [0.29, 0.717) is 38.2 Å². The van der Waals surface area contributed by atoms with E-state index in [4.69, 9.17) is 34.3 Å². The van der Waals surface area contributed by atoms with E-state index in [0.717, 1.165) is 0 Å². The third kappa shape index (κ3) is 4.94. The Morgan fingerprint density at radius 3 is 2.20 bits per heavy atom. The lowest BCUT2D eigenvalue weighted by Gasteiger charge is -2.15. The number of carbonyl (C=O) groups excluding carboxylic acids is 2. The molecule has 7 nitrogen and oxygen atoms in total. The summed E-state index contributed by atoms with van der Waals surface area (Å²) < 4.78 is 0. The molecule has 0 fully saturated rings. The number of nitrogens with one attached hydrogen (secondary N) is 3. The van der Waals surface area contributed by atoms with Gasteiger partial charge in [-0.3, -0.25) is 15.0 Å². The van der Waals surface area contributed by atoms with E-state index < -0.39 is 11.8 Å². The maximum Gasteiger partial charge on any atom is 0.258 e. The second-order valence-corrected chi connectivity index (χ2v) is 7.28. The molecule has 3 aromatic rings. The van der Waals surface area contributed by atoms with Gasteiger partial charge in [0.05, 0.1) is 16.3 Å². The molecule has 1 aromatic heterocycles. The number of benzene rings is 2. The van der Waals surface area contributed by atoms with E-state index in [1.54, 1.807) is 49.4 Å². The fraction of sp³-hybridized carbons (Fsp3) is 0.0476. The van der Waals surface area contributed by atoms with Crippen LogP contribution < -0.4 is 16.4 Å². The molecule has 9 heteroatoms. The summed E-state index contributed by atoms with van der Waals surface area (Å²) in [5.74, 6) is -0.698. The van der Waals surface area contributed by atoms with E-state index in [2.05, 4.69) is 15.6 Å². The third-order valence-corrected chi connectivity index (χ3v) is 4.65. The Balaban J connectivity index is 1.88. The van der Waals surface area contributed by atoms with Crippen LogP contribution in [0.15, 0.2) is 54.7 Å². The van der Waals surface area contributed by atoms with Crippen molar-refractivity contribution in [2.75, 3.05) is 10.6 Å². The molecule has 0 atom stereocenters. The Morgan fingerprint density at radius 2 is 1.60 bits per heavy atom. The first-order valence-electron chi connectivity index (χ1n) is 8.73. The van der Waals surface area contributed by atoms with Crippen LogP contribution >= 0.6 is 23.2 Å². The number of pyridine rings is 1. The SMILES string of the molecule is Cc1cc(Cl)cc(C(=O)Nc2ccc(Cl)cn2)c1NC(=O)c1ccc(C(=N)N)cc1. The molecule has 0 aliphatic rings. The topological polar surface area (TPSA) is 121 Å². The lowest BCUT2D eigenvalue weighted by molar-refractivity contribution is 0.102. The molecule has 0 aliphatic heterocycles. The van der Waals surface area contributed by atoms with Gasteiger partial charge in [0.1, 0.15) is 11.7 Å². The number of hydrogen-bond donors (Lipinski definition) is 4. The molecule has 5 N–H and O–H groups in total. The van der Waals surface area contributed by atoms with E-state index >= 15 is 0 Å². The zero-order chi connectivity index (χ0) is 21.8. The molecular formula is C21H17Cl2N5O2. The van der Waals surface area contributed by atoms with Crippen LogP contribution in [0.25, 0.3) is 0 Å². The van der Waals surface area contributed by atoms with Crippen LogP contribution in [0.1, 0.15) is 31.8 Å². The van der Waals surface area contributed by atoms with Gasteiger partial charge >= 0.3 is 0 Å². The van der Waals surface area contributed by atoms with Gasteiger partial charge in [-0.2, -0.15) is 0 Å². The first kappa shape index (κ1) is 21.3. The summed E-state index contributed by atoms with van der Waals surface area (Å²) in [6.45, 7) is 1.73. The number of amides is 2. The molecule has 0 bridgehead atoms. The first-order valence-corrected chi connectivity index (χ1v) is 9.49. The van der Waals surface area contributed by atoms with E-state index in [9.17, 15) is 9.59 Å². The Kier molecular flexibility index (Phi) is 6.34. The normalized spacial score (nSPS) is 10.4. The Labute approximate surface area is 182 Å². The molecule has 2 amide bonds. The lowest BCUT2D eigenvalue weighted by atomic mass is 10.1. The molecule has 0 saturated heterocycles. The Hall–Kier alpha value is -3.42. The van der Waals surface area contributed by atoms with Crippen molar-refractivity contribution in [3.05, 3.63) is 87.0 Å². The number of carbonyl (C=O) groups is 2. The molecule has 2 aromatic carbocycles. The van der Waals surface area contributed by atoms with Crippen LogP contribution in [0.4, 0.5) is 11.5 Å². The van der Waals surface area contributed by atoms with Crippen molar-refractivity contribution >= 4 is 52.4 Å². The average Bonchev–Trinajstić information content (AvgIpc) is 2.71. The summed E-state index contributed by atoms with van der Waals surface area (Å²) in [6, 6.07) is 12.5. The van der Waals surface area contributed by atoms with Gasteiger partial charge < -0.3 is 16.4 Å². The number of rotatable bonds is 5. The van der Waals surface area contributed by atoms with E-state index in [1.807, 2.05) is 0 Å². The van der Waals surface area contributed by atoms with Crippen molar-refractivity contribution in [1.82, 2.24) is 4.98 Å². The highest BCUT2D eigenvalue weighted by Crippen LogP contribution is 2.27. The summed E-state index contributed by atoms with van der Waals surface area (Å²) in [5.41, 5.74) is 7.41. The maximum absolute atomic E-state index is 12.8. The monoisotopic (exact) mass is 441 g/mol. The summed E-state index contributed by atoms with van der Waals surface area (Å²) >= 11 is 11.9. The molecule has 0 aliphatic carbocycles. The van der Waals surface area contributed by atoms with Crippen molar-refractivity contribution in [3.8, 4) is 0 Å². The Bertz CT molecular complexity index is 1130. The fourth-order valence-electron chi connectivity index (χ4n) is 2.71. The van der Waals surface area contributed by atoms with Crippen molar-refractivity contribution in [2.45, 2.75) is 6.92 Å². The van der Waals surface area contributed by atoms with Gasteiger partial charge in [-0.15, -0.1) is 0 Å². The molecule has 152 valence electrons. The van der Waals surface area contributed by atoms with Gasteiger partial charge in [-0.25, -0.2) is 4.98 Å². The van der Waals surface area contributed by atoms with Gasteiger partial charge in [0.2, 0.25) is 0 Å². The summed E-state index contributed by atoms with van der Waals surface area (Å²) in [6.07, 6.45) is 1.41. The summed E-state index contributed by atoms with van der Waals surface area (Å²) in [7, 11) is 0. The molecule has 0 spiro atoms. The van der Waals surface area contributed by atoms with Crippen LogP contribution in [0, 0.1) is 12.3 Å². The van der Waals surface area contributed by atoms with Crippen LogP contribution in [0.3, 0.4) is 0 Å². The average molecular weight is 442 g/mol. The number of nitrogen functional groups attached to an aromatic ring is 1. The molecule has 0 unspecified atom stereocenters. The number of aryl methyl sites for hydroxylation is 1. The molecule has 0 saturated carbocycles. The smallest absolute Gasteiger partial charge is 0.258 e. The molecular weight excluding hydrogens is 425 g/mol. The number of nitrogens with zero attached hydrogens (tertiary/aromatic N) is 1. The highest BCUT2D eigenvalue weighted by molar-refractivity contribution is 6.31. The minimum absolute atomic E-state index is 0.0923. The number of hydrogen-bond acceptors (Lipinski definition) is 4. The van der Waals surface area contributed by atoms with Crippen molar-refractivity contribution in [3.63, 3.8) is 0 Å². The van der Waals surface area contributed by atoms with Crippen LogP contribution in [0.5, 0.6) is 0 Å². The first-order chi connectivity index (χ1) is 14.2. The van der Waals surface area contributed by atoms with Gasteiger partial charge in [-0.05, 0) is 48.9 Å². The number of aromatic nitrogens is 1. The van der Waals surface area contributed by atoms with Crippen molar-refractivity contribution in [1.29, 1.82) is 5.41 Å². The number of nitrogens with two attached hydrogens (primary N) is 1. The molecule has 1 heterocycles. The molecule has 30 heavy (non-hydrogen) atoms. The predicted molar refractivity (Wildman–Crippen MR) is 119 cm³/mol. The summed E-state index contributed by atoms with van der Waals surface area (Å²) in [5, 5.41) is 13.6. The van der Waals surface area contributed by atoms with Gasteiger partial charge in [0.15, 0.2) is 0 Å². The number of halogens is 2. The molecule has 3 rings (SSSR count). The zero-order valence-electron chi connectivity index (χ0n) is 15.8. The standard InChI is InChI=1S/C21H17Cl2N5O2/c1-11-8-15(23)9-16(21(30)27-17-7-6-14(22)10-26-17)18(11)28-20(29)13-4-2-12(3-5-13)19(24)25/h2-10H,1H3,(H3,24,25)(H,28,29)(H,26,27,30). The second kappa shape index (κ2) is 8.94. The largest absolute Gasteiger partial charge is 0.384 e. The minimum atomic E-state index is -0.488. The van der Waals surface area contributed by atoms with Gasteiger partial charge in [0.25, 0.3) is 11.8 Å². The number of anilines is 2. The second-order valence-electron chi connectivity index (χ2n) is 6.41. The van der Waals surface area contributed by atoms with Crippen molar-refractivity contribution in [2.24, 2.45) is 5.73 Å². The highest BCUT2D eigenvalue weighted by Gasteiger charge is 2.18. The number of amidine groups is 1. The zero-order valence-corrected chi connectivity index (χ0v) is 17.3. The maximum atomic E-state index is 12.8. The third-order valence-electron chi connectivity index (χ3n) is 4.21. The van der Waals surface area contributed by atoms with Crippen LogP contribution in [0.2, 0.25) is 10.0 Å². The highest BCUT2D eigenvalue weighted by atomic mass is 35.5.